The van der Waals surface area contributed by atoms with Gasteiger partial charge in [-0.05, 0) is 56.6 Å². The Morgan fingerprint density at radius 1 is 1.04 bits per heavy atom. The van der Waals surface area contributed by atoms with E-state index in [9.17, 15) is 4.79 Å². The van der Waals surface area contributed by atoms with Gasteiger partial charge in [0.1, 0.15) is 0 Å². The second-order valence-electron chi connectivity index (χ2n) is 6.81. The van der Waals surface area contributed by atoms with Crippen molar-refractivity contribution >= 4 is 62.3 Å². The van der Waals surface area contributed by atoms with Crippen LogP contribution in [0.5, 0.6) is 0 Å². The number of rotatable bonds is 6. The zero-order valence-electron chi connectivity index (χ0n) is 16.3. The number of likely N-dealkylation sites (N-methyl/N-ethyl adjacent to an activating group) is 1. The Bertz CT molecular complexity index is 941. The largest absolute Gasteiger partial charge is 0.378 e. The van der Waals surface area contributed by atoms with Crippen LogP contribution in [0.25, 0.3) is 10.2 Å². The molecule has 2 aromatic carbocycles. The van der Waals surface area contributed by atoms with E-state index in [1.165, 1.54) is 11.3 Å². The summed E-state index contributed by atoms with van der Waals surface area (Å²) in [5.74, 6) is -0.0488. The molecule has 3 aromatic rings. The highest BCUT2D eigenvalue weighted by Crippen LogP contribution is 2.31. The molecule has 0 saturated heterocycles. The van der Waals surface area contributed by atoms with E-state index >= 15 is 0 Å². The second kappa shape index (κ2) is 9.56. The van der Waals surface area contributed by atoms with Crippen molar-refractivity contribution in [3.05, 3.63) is 53.1 Å². The molecule has 1 heterocycles. The molecule has 0 aliphatic rings. The van der Waals surface area contributed by atoms with Gasteiger partial charge in [-0.1, -0.05) is 22.9 Å². The fraction of sp³-hybridized carbons (Fsp3) is 0.300. The van der Waals surface area contributed by atoms with Crippen molar-refractivity contribution in [3.63, 3.8) is 0 Å². The van der Waals surface area contributed by atoms with Crippen LogP contribution in [0.1, 0.15) is 10.4 Å². The molecule has 0 spiro atoms. The van der Waals surface area contributed by atoms with Gasteiger partial charge in [0.15, 0.2) is 5.13 Å². The van der Waals surface area contributed by atoms with Crippen LogP contribution in [0.3, 0.4) is 0 Å². The zero-order valence-corrected chi connectivity index (χ0v) is 18.7. The maximum atomic E-state index is 13.2. The Kier molecular flexibility index (Phi) is 7.66. The van der Waals surface area contributed by atoms with E-state index in [2.05, 4.69) is 9.88 Å². The summed E-state index contributed by atoms with van der Waals surface area (Å²) in [6.45, 7) is 1.31. The number of carbonyl (C=O) groups excluding carboxylic acids is 1. The van der Waals surface area contributed by atoms with Gasteiger partial charge in [0.05, 0.1) is 10.2 Å². The number of halogens is 2. The number of carbonyl (C=O) groups is 1. The first-order valence-corrected chi connectivity index (χ1v) is 9.84. The van der Waals surface area contributed by atoms with Crippen LogP contribution in [0.2, 0.25) is 5.02 Å². The SMILES string of the molecule is CN(C)CCN(C(=O)c1ccc(N(C)C)cc1)c1nc2ccc(Cl)cc2s1.Cl. The van der Waals surface area contributed by atoms with E-state index in [0.29, 0.717) is 22.3 Å². The summed E-state index contributed by atoms with van der Waals surface area (Å²) in [5.41, 5.74) is 2.56. The van der Waals surface area contributed by atoms with Crippen LogP contribution < -0.4 is 9.80 Å². The molecule has 0 saturated carbocycles. The van der Waals surface area contributed by atoms with Crippen LogP contribution in [-0.4, -0.2) is 57.1 Å². The molecular weight excluding hydrogens is 415 g/mol. The lowest BCUT2D eigenvalue weighted by atomic mass is 10.1. The van der Waals surface area contributed by atoms with E-state index in [1.54, 1.807) is 4.90 Å². The number of aromatic nitrogens is 1. The van der Waals surface area contributed by atoms with E-state index in [4.69, 9.17) is 11.6 Å². The molecule has 0 atom stereocenters. The number of hydrogen-bond donors (Lipinski definition) is 0. The van der Waals surface area contributed by atoms with Crippen LogP contribution in [0.15, 0.2) is 42.5 Å². The molecule has 1 aromatic heterocycles. The molecule has 0 radical (unpaired) electrons. The summed E-state index contributed by atoms with van der Waals surface area (Å²) >= 11 is 7.58. The number of fused-ring (bicyclic) bond motifs is 1. The quantitative estimate of drug-likeness (QED) is 0.561. The average Bonchev–Trinajstić information content (AvgIpc) is 3.04. The van der Waals surface area contributed by atoms with Crippen molar-refractivity contribution in [1.82, 2.24) is 9.88 Å². The third-order valence-corrected chi connectivity index (χ3v) is 5.49. The van der Waals surface area contributed by atoms with Gasteiger partial charge in [-0.15, -0.1) is 12.4 Å². The van der Waals surface area contributed by atoms with Crippen molar-refractivity contribution < 1.29 is 4.79 Å². The van der Waals surface area contributed by atoms with Gasteiger partial charge >= 0.3 is 0 Å². The topological polar surface area (TPSA) is 39.7 Å². The van der Waals surface area contributed by atoms with E-state index in [1.807, 2.05) is 75.6 Å². The highest BCUT2D eigenvalue weighted by atomic mass is 35.5. The van der Waals surface area contributed by atoms with Crippen molar-refractivity contribution in [2.45, 2.75) is 0 Å². The lowest BCUT2D eigenvalue weighted by Crippen LogP contribution is -2.36. The molecule has 5 nitrogen and oxygen atoms in total. The van der Waals surface area contributed by atoms with Crippen molar-refractivity contribution in [2.75, 3.05) is 51.1 Å². The van der Waals surface area contributed by atoms with E-state index in [-0.39, 0.29) is 18.3 Å². The summed E-state index contributed by atoms with van der Waals surface area (Å²) in [4.78, 5) is 23.7. The standard InChI is InChI=1S/C20H23ClN4OS.ClH/c1-23(2)11-12-25(19(26)14-5-8-16(9-6-14)24(3)4)20-22-17-10-7-15(21)13-18(17)27-20;/h5-10,13H,11-12H2,1-4H3;1H. The first-order valence-electron chi connectivity index (χ1n) is 8.65. The second-order valence-corrected chi connectivity index (χ2v) is 8.26. The molecule has 0 unspecified atom stereocenters. The third-order valence-electron chi connectivity index (χ3n) is 4.22. The molecule has 0 bridgehead atoms. The smallest absolute Gasteiger partial charge is 0.260 e. The van der Waals surface area contributed by atoms with Gasteiger partial charge in [-0.3, -0.25) is 9.69 Å². The fourth-order valence-electron chi connectivity index (χ4n) is 2.64. The molecule has 1 amide bonds. The monoisotopic (exact) mass is 438 g/mol. The summed E-state index contributed by atoms with van der Waals surface area (Å²) in [7, 11) is 7.94. The van der Waals surface area contributed by atoms with Crippen molar-refractivity contribution in [1.29, 1.82) is 0 Å². The van der Waals surface area contributed by atoms with Gasteiger partial charge in [0.25, 0.3) is 5.91 Å². The Balaban J connectivity index is 0.00000280. The molecule has 150 valence electrons. The van der Waals surface area contributed by atoms with Crippen LogP contribution in [0.4, 0.5) is 10.8 Å². The molecule has 0 fully saturated rings. The third kappa shape index (κ3) is 5.14. The minimum atomic E-state index is -0.0488. The predicted octanol–water partition coefficient (Wildman–Crippen LogP) is 4.65. The van der Waals surface area contributed by atoms with E-state index < -0.39 is 0 Å². The minimum absolute atomic E-state index is 0. The Morgan fingerprint density at radius 3 is 2.32 bits per heavy atom. The highest BCUT2D eigenvalue weighted by molar-refractivity contribution is 7.22. The summed E-state index contributed by atoms with van der Waals surface area (Å²) in [6.07, 6.45) is 0. The summed E-state index contributed by atoms with van der Waals surface area (Å²) in [6, 6.07) is 13.2. The van der Waals surface area contributed by atoms with Crippen LogP contribution in [-0.2, 0) is 0 Å². The number of benzene rings is 2. The predicted molar refractivity (Wildman–Crippen MR) is 123 cm³/mol. The molecule has 0 N–H and O–H groups in total. The van der Waals surface area contributed by atoms with Crippen molar-refractivity contribution in [3.8, 4) is 0 Å². The van der Waals surface area contributed by atoms with E-state index in [0.717, 1.165) is 22.4 Å². The first-order chi connectivity index (χ1) is 12.8. The number of thiazole rings is 1. The minimum Gasteiger partial charge on any atom is -0.378 e. The van der Waals surface area contributed by atoms with Gasteiger partial charge < -0.3 is 9.80 Å². The lowest BCUT2D eigenvalue weighted by molar-refractivity contribution is 0.0985. The number of anilines is 2. The van der Waals surface area contributed by atoms with Crippen molar-refractivity contribution in [2.24, 2.45) is 0 Å². The number of hydrogen-bond acceptors (Lipinski definition) is 5. The Labute approximate surface area is 180 Å². The van der Waals surface area contributed by atoms with Gasteiger partial charge in [-0.2, -0.15) is 0 Å². The zero-order chi connectivity index (χ0) is 19.6. The maximum absolute atomic E-state index is 13.2. The molecule has 0 aliphatic carbocycles. The average molecular weight is 439 g/mol. The summed E-state index contributed by atoms with van der Waals surface area (Å²) < 4.78 is 0.975. The van der Waals surface area contributed by atoms with Crippen LogP contribution in [0, 0.1) is 0 Å². The Morgan fingerprint density at radius 2 is 1.71 bits per heavy atom. The number of amides is 1. The molecule has 8 heteroatoms. The number of nitrogens with zero attached hydrogens (tertiary/aromatic N) is 4. The Hall–Kier alpha value is -1.86. The maximum Gasteiger partial charge on any atom is 0.260 e. The molecule has 0 aliphatic heterocycles. The normalized spacial score (nSPS) is 10.8. The molecule has 3 rings (SSSR count). The molecule has 28 heavy (non-hydrogen) atoms. The molecular formula is C20H24Cl2N4OS. The van der Waals surface area contributed by atoms with Gasteiger partial charge in [0, 0.05) is 43.5 Å². The lowest BCUT2D eigenvalue weighted by Gasteiger charge is -2.22. The van der Waals surface area contributed by atoms with Gasteiger partial charge in [-0.25, -0.2) is 4.98 Å². The summed E-state index contributed by atoms with van der Waals surface area (Å²) in [5, 5.41) is 1.36. The fourth-order valence-corrected chi connectivity index (χ4v) is 3.91. The first kappa shape index (κ1) is 22.4. The highest BCUT2D eigenvalue weighted by Gasteiger charge is 2.21. The van der Waals surface area contributed by atoms with Crippen LogP contribution >= 0.6 is 35.3 Å². The van der Waals surface area contributed by atoms with Gasteiger partial charge in [0.2, 0.25) is 0 Å².